The molecule has 1 aromatic rings. The maximum Gasteiger partial charge on any atom is 0.0766 e. The van der Waals surface area contributed by atoms with Crippen LogP contribution in [0.5, 0.6) is 0 Å². The molecule has 0 bridgehead atoms. The van der Waals surface area contributed by atoms with Crippen molar-refractivity contribution >= 4 is 15.9 Å². The normalized spacial score (nSPS) is 12.4. The monoisotopic (exact) mass is 329 g/mol. The van der Waals surface area contributed by atoms with Crippen LogP contribution in [-0.4, -0.2) is 22.4 Å². The zero-order valence-electron chi connectivity index (χ0n) is 13.2. The average molecular weight is 330 g/mol. The van der Waals surface area contributed by atoms with Gasteiger partial charge in [-0.25, -0.2) is 0 Å². The maximum absolute atomic E-state index is 4.58. The highest BCUT2D eigenvalue weighted by atomic mass is 79.9. The topological polar surface area (TPSA) is 29.9 Å². The third-order valence-corrected chi connectivity index (χ3v) is 4.42. The summed E-state index contributed by atoms with van der Waals surface area (Å²) in [7, 11) is 2.04. The summed E-state index contributed by atoms with van der Waals surface area (Å²) < 4.78 is 3.22. The van der Waals surface area contributed by atoms with Crippen LogP contribution in [0.1, 0.15) is 52.4 Å². The van der Waals surface area contributed by atoms with Crippen molar-refractivity contribution in [3.05, 3.63) is 15.9 Å². The lowest BCUT2D eigenvalue weighted by atomic mass is 9.84. The Labute approximate surface area is 126 Å². The van der Waals surface area contributed by atoms with Crippen LogP contribution in [-0.2, 0) is 19.9 Å². The number of hydrogen-bond acceptors (Lipinski definition) is 2. The summed E-state index contributed by atoms with van der Waals surface area (Å²) in [5, 5.41) is 8.07. The van der Waals surface area contributed by atoms with E-state index < -0.39 is 0 Å². The molecular weight excluding hydrogens is 302 g/mol. The Kier molecular flexibility index (Phi) is 6.06. The van der Waals surface area contributed by atoms with Gasteiger partial charge in [0.2, 0.25) is 0 Å². The molecule has 110 valence electrons. The molecule has 1 N–H and O–H groups in total. The van der Waals surface area contributed by atoms with Crippen LogP contribution in [0.25, 0.3) is 0 Å². The predicted octanol–water partition coefficient (Wildman–Crippen LogP) is 3.70. The number of rotatable bonds is 7. The van der Waals surface area contributed by atoms with E-state index in [2.05, 4.69) is 61.0 Å². The molecule has 0 aromatic carbocycles. The molecule has 0 unspecified atom stereocenters. The highest BCUT2D eigenvalue weighted by Gasteiger charge is 2.23. The minimum Gasteiger partial charge on any atom is -0.315 e. The molecule has 1 rings (SSSR count). The Bertz CT molecular complexity index is 408. The van der Waals surface area contributed by atoms with Gasteiger partial charge in [0.05, 0.1) is 15.9 Å². The fourth-order valence-corrected chi connectivity index (χ4v) is 3.01. The maximum atomic E-state index is 4.58. The molecule has 1 aromatic heterocycles. The summed E-state index contributed by atoms with van der Waals surface area (Å²) in [6, 6.07) is 0.561. The van der Waals surface area contributed by atoms with Crippen LogP contribution in [0, 0.1) is 5.41 Å². The van der Waals surface area contributed by atoms with E-state index in [1.165, 1.54) is 16.6 Å². The van der Waals surface area contributed by atoms with Crippen LogP contribution in [0.4, 0.5) is 0 Å². The zero-order valence-corrected chi connectivity index (χ0v) is 14.8. The van der Waals surface area contributed by atoms with Gasteiger partial charge in [-0.3, -0.25) is 4.68 Å². The van der Waals surface area contributed by atoms with E-state index in [1.807, 2.05) is 11.7 Å². The van der Waals surface area contributed by atoms with Crippen molar-refractivity contribution in [1.82, 2.24) is 15.1 Å². The molecule has 0 amide bonds. The second-order valence-corrected chi connectivity index (χ2v) is 7.18. The minimum absolute atomic E-state index is 0.281. The minimum atomic E-state index is 0.281. The van der Waals surface area contributed by atoms with Crippen LogP contribution >= 0.6 is 15.9 Å². The molecule has 0 saturated carbocycles. The largest absolute Gasteiger partial charge is 0.315 e. The molecule has 19 heavy (non-hydrogen) atoms. The molecule has 0 saturated heterocycles. The average Bonchev–Trinajstić information content (AvgIpc) is 2.55. The number of nitrogens with one attached hydrogen (secondary N) is 1. The Balaban J connectivity index is 2.69. The van der Waals surface area contributed by atoms with Crippen molar-refractivity contribution in [2.45, 2.75) is 59.9 Å². The lowest BCUT2D eigenvalue weighted by molar-refractivity contribution is 0.313. The van der Waals surface area contributed by atoms with E-state index in [1.54, 1.807) is 0 Å². The first kappa shape index (κ1) is 16.7. The van der Waals surface area contributed by atoms with E-state index in [9.17, 15) is 0 Å². The number of nitrogens with zero attached hydrogens (tertiary/aromatic N) is 2. The SMILES string of the molecule is CCc1nn(C)c(CC(C)(C)CCNC(C)C)c1Br. The summed E-state index contributed by atoms with van der Waals surface area (Å²) in [6.07, 6.45) is 3.20. The van der Waals surface area contributed by atoms with Crippen molar-refractivity contribution in [2.75, 3.05) is 6.54 Å². The molecule has 1 heterocycles. The van der Waals surface area contributed by atoms with Crippen molar-refractivity contribution in [2.24, 2.45) is 12.5 Å². The van der Waals surface area contributed by atoms with Gasteiger partial charge in [0.15, 0.2) is 0 Å². The van der Waals surface area contributed by atoms with Crippen LogP contribution in [0.3, 0.4) is 0 Å². The van der Waals surface area contributed by atoms with Gasteiger partial charge in [-0.1, -0.05) is 34.6 Å². The molecule has 0 fully saturated rings. The van der Waals surface area contributed by atoms with Gasteiger partial charge in [-0.15, -0.1) is 0 Å². The summed E-state index contributed by atoms with van der Waals surface area (Å²) in [4.78, 5) is 0. The van der Waals surface area contributed by atoms with Crippen LogP contribution in [0.15, 0.2) is 4.47 Å². The lowest BCUT2D eigenvalue weighted by Gasteiger charge is -2.25. The Morgan fingerprint density at radius 2 is 2.00 bits per heavy atom. The highest BCUT2D eigenvalue weighted by Crippen LogP contribution is 2.31. The van der Waals surface area contributed by atoms with Crippen molar-refractivity contribution in [1.29, 1.82) is 0 Å². The van der Waals surface area contributed by atoms with Gasteiger partial charge < -0.3 is 5.32 Å². The fourth-order valence-electron chi connectivity index (χ4n) is 2.25. The number of halogens is 1. The van der Waals surface area contributed by atoms with E-state index >= 15 is 0 Å². The van der Waals surface area contributed by atoms with Gasteiger partial charge in [-0.2, -0.15) is 5.10 Å². The third kappa shape index (κ3) is 4.92. The summed E-state index contributed by atoms with van der Waals surface area (Å²) >= 11 is 3.71. The molecular formula is C15H28BrN3. The molecule has 0 aliphatic rings. The zero-order chi connectivity index (χ0) is 14.6. The number of hydrogen-bond donors (Lipinski definition) is 1. The number of aromatic nitrogens is 2. The van der Waals surface area contributed by atoms with E-state index in [0.717, 1.165) is 25.1 Å². The highest BCUT2D eigenvalue weighted by molar-refractivity contribution is 9.10. The molecule has 0 aliphatic carbocycles. The Hall–Kier alpha value is -0.350. The fraction of sp³-hybridized carbons (Fsp3) is 0.800. The predicted molar refractivity (Wildman–Crippen MR) is 85.5 cm³/mol. The second-order valence-electron chi connectivity index (χ2n) is 6.38. The molecule has 0 spiro atoms. The Morgan fingerprint density at radius 3 is 2.47 bits per heavy atom. The summed E-state index contributed by atoms with van der Waals surface area (Å²) in [5.74, 6) is 0. The van der Waals surface area contributed by atoms with Gasteiger partial charge in [0.25, 0.3) is 0 Å². The summed E-state index contributed by atoms with van der Waals surface area (Å²) in [5.41, 5.74) is 2.75. The second kappa shape index (κ2) is 6.89. The first-order chi connectivity index (χ1) is 8.76. The molecule has 4 heteroatoms. The molecule has 0 aliphatic heterocycles. The lowest BCUT2D eigenvalue weighted by Crippen LogP contribution is -2.29. The van der Waals surface area contributed by atoms with E-state index in [4.69, 9.17) is 0 Å². The molecule has 0 atom stereocenters. The first-order valence-electron chi connectivity index (χ1n) is 7.20. The van der Waals surface area contributed by atoms with Gasteiger partial charge in [0.1, 0.15) is 0 Å². The van der Waals surface area contributed by atoms with Crippen LogP contribution < -0.4 is 5.32 Å². The van der Waals surface area contributed by atoms with Crippen molar-refractivity contribution in [3.63, 3.8) is 0 Å². The standard InChI is InChI=1S/C15H28BrN3/c1-7-12-14(16)13(19(6)18-12)10-15(4,5)8-9-17-11(2)3/h11,17H,7-10H2,1-6H3. The van der Waals surface area contributed by atoms with Crippen molar-refractivity contribution in [3.8, 4) is 0 Å². The van der Waals surface area contributed by atoms with E-state index in [-0.39, 0.29) is 5.41 Å². The number of aryl methyl sites for hydroxylation is 2. The molecule has 0 radical (unpaired) electrons. The van der Waals surface area contributed by atoms with Crippen molar-refractivity contribution < 1.29 is 0 Å². The smallest absolute Gasteiger partial charge is 0.0766 e. The van der Waals surface area contributed by atoms with Gasteiger partial charge in [0, 0.05) is 13.1 Å². The van der Waals surface area contributed by atoms with E-state index in [0.29, 0.717) is 6.04 Å². The molecule has 3 nitrogen and oxygen atoms in total. The third-order valence-electron chi connectivity index (χ3n) is 3.50. The quantitative estimate of drug-likeness (QED) is 0.826. The van der Waals surface area contributed by atoms with Gasteiger partial charge >= 0.3 is 0 Å². The summed E-state index contributed by atoms with van der Waals surface area (Å²) in [6.45, 7) is 12.3. The first-order valence-corrected chi connectivity index (χ1v) is 7.99. The Morgan fingerprint density at radius 1 is 1.37 bits per heavy atom. The van der Waals surface area contributed by atoms with Crippen LogP contribution in [0.2, 0.25) is 0 Å². The van der Waals surface area contributed by atoms with Gasteiger partial charge in [-0.05, 0) is 47.2 Å².